The van der Waals surface area contributed by atoms with Crippen molar-refractivity contribution in [3.63, 3.8) is 0 Å². The van der Waals surface area contributed by atoms with E-state index in [9.17, 15) is 4.79 Å². The molecular weight excluding hydrogens is 456 g/mol. The van der Waals surface area contributed by atoms with Gasteiger partial charge in [-0.2, -0.15) is 0 Å². The molecule has 1 heterocycles. The summed E-state index contributed by atoms with van der Waals surface area (Å²) in [5.41, 5.74) is 6.26. The van der Waals surface area contributed by atoms with Crippen LogP contribution in [0.3, 0.4) is 0 Å². The molecular formula is C28H30N4O2S. The van der Waals surface area contributed by atoms with Gasteiger partial charge in [-0.25, -0.2) is 0 Å². The van der Waals surface area contributed by atoms with Crippen molar-refractivity contribution in [2.45, 2.75) is 45.9 Å². The quantitative estimate of drug-likeness (QED) is 0.291. The Bertz CT molecular complexity index is 1280. The van der Waals surface area contributed by atoms with Gasteiger partial charge in [0.05, 0.1) is 5.75 Å². The molecule has 0 aliphatic rings. The molecule has 3 aromatic carbocycles. The van der Waals surface area contributed by atoms with Gasteiger partial charge in [0.15, 0.2) is 11.0 Å². The number of amides is 1. The molecule has 180 valence electrons. The number of aromatic nitrogens is 3. The monoisotopic (exact) mass is 486 g/mol. The van der Waals surface area contributed by atoms with Gasteiger partial charge in [0.1, 0.15) is 12.4 Å². The second-order valence-corrected chi connectivity index (χ2v) is 9.41. The highest BCUT2D eigenvalue weighted by molar-refractivity contribution is 7.99. The first-order valence-electron chi connectivity index (χ1n) is 11.7. The fraction of sp³-hybridized carbons (Fsp3) is 0.250. The van der Waals surface area contributed by atoms with Gasteiger partial charge in [0.2, 0.25) is 5.91 Å². The van der Waals surface area contributed by atoms with E-state index in [-0.39, 0.29) is 18.3 Å². The van der Waals surface area contributed by atoms with Crippen LogP contribution in [0.2, 0.25) is 0 Å². The van der Waals surface area contributed by atoms with E-state index in [2.05, 4.69) is 22.4 Å². The molecule has 0 unspecified atom stereocenters. The van der Waals surface area contributed by atoms with E-state index in [0.29, 0.717) is 11.0 Å². The third-order valence-electron chi connectivity index (χ3n) is 5.73. The number of nitrogens with one attached hydrogen (secondary N) is 1. The summed E-state index contributed by atoms with van der Waals surface area (Å²) in [5, 5.41) is 12.4. The van der Waals surface area contributed by atoms with Crippen molar-refractivity contribution in [3.8, 4) is 11.4 Å². The highest BCUT2D eigenvalue weighted by Crippen LogP contribution is 2.26. The van der Waals surface area contributed by atoms with Gasteiger partial charge < -0.3 is 10.1 Å². The van der Waals surface area contributed by atoms with Crippen molar-refractivity contribution in [1.29, 1.82) is 0 Å². The fourth-order valence-electron chi connectivity index (χ4n) is 3.75. The third kappa shape index (κ3) is 6.11. The van der Waals surface area contributed by atoms with Gasteiger partial charge in [-0.15, -0.1) is 10.2 Å². The lowest BCUT2D eigenvalue weighted by atomic mass is 10.1. The van der Waals surface area contributed by atoms with E-state index in [0.717, 1.165) is 40.2 Å². The molecule has 35 heavy (non-hydrogen) atoms. The topological polar surface area (TPSA) is 69.0 Å². The number of aryl methyl sites for hydroxylation is 4. The minimum atomic E-state index is -0.0916. The first kappa shape index (κ1) is 24.5. The minimum Gasteiger partial charge on any atom is -0.485 e. The number of rotatable bonds is 9. The molecule has 1 N–H and O–H groups in total. The Morgan fingerprint density at radius 2 is 1.63 bits per heavy atom. The second-order valence-electron chi connectivity index (χ2n) is 8.47. The number of anilines is 1. The Kier molecular flexibility index (Phi) is 7.87. The van der Waals surface area contributed by atoms with E-state index in [1.165, 1.54) is 17.3 Å². The summed E-state index contributed by atoms with van der Waals surface area (Å²) in [6.07, 6.45) is 0.966. The summed E-state index contributed by atoms with van der Waals surface area (Å²) in [5.74, 6) is 1.66. The summed E-state index contributed by atoms with van der Waals surface area (Å²) in [7, 11) is 0. The molecule has 0 fully saturated rings. The van der Waals surface area contributed by atoms with Crippen molar-refractivity contribution in [1.82, 2.24) is 14.8 Å². The third-order valence-corrected chi connectivity index (χ3v) is 6.65. The van der Waals surface area contributed by atoms with Crippen LogP contribution in [0.15, 0.2) is 71.9 Å². The zero-order chi connectivity index (χ0) is 24.8. The van der Waals surface area contributed by atoms with Crippen LogP contribution in [0.4, 0.5) is 5.69 Å². The van der Waals surface area contributed by atoms with Crippen molar-refractivity contribution >= 4 is 23.4 Å². The molecule has 0 radical (unpaired) electrons. The van der Waals surface area contributed by atoms with E-state index >= 15 is 0 Å². The van der Waals surface area contributed by atoms with Crippen LogP contribution in [0.1, 0.15) is 35.0 Å². The van der Waals surface area contributed by atoms with E-state index < -0.39 is 0 Å². The van der Waals surface area contributed by atoms with Crippen molar-refractivity contribution in [3.05, 3.63) is 94.8 Å². The summed E-state index contributed by atoms with van der Waals surface area (Å²) >= 11 is 1.35. The molecule has 0 saturated heterocycles. The first-order chi connectivity index (χ1) is 16.9. The van der Waals surface area contributed by atoms with Crippen molar-refractivity contribution in [2.75, 3.05) is 11.1 Å². The maximum atomic E-state index is 12.6. The molecule has 6 nitrogen and oxygen atoms in total. The average Bonchev–Trinajstić information content (AvgIpc) is 3.26. The Hall–Kier alpha value is -3.58. The maximum absolute atomic E-state index is 12.6. The van der Waals surface area contributed by atoms with E-state index in [1.807, 2.05) is 92.1 Å². The number of carbonyl (C=O) groups is 1. The first-order valence-corrected chi connectivity index (χ1v) is 12.6. The molecule has 0 spiro atoms. The summed E-state index contributed by atoms with van der Waals surface area (Å²) in [4.78, 5) is 12.6. The molecule has 0 atom stereocenters. The van der Waals surface area contributed by atoms with Crippen LogP contribution in [-0.2, 0) is 17.8 Å². The van der Waals surface area contributed by atoms with Crippen molar-refractivity contribution in [2.24, 2.45) is 0 Å². The number of nitrogens with zero attached hydrogens (tertiary/aromatic N) is 3. The lowest BCUT2D eigenvalue weighted by Gasteiger charge is -2.14. The Balaban J connectivity index is 1.51. The standard InChI is InChI=1S/C28H30N4O2S/c1-5-22-11-13-23(14-12-22)29-26(33)18-35-28-31-30-25(32(28)24-15-9-19(2)10-16-24)17-34-27-20(3)7-6-8-21(27)4/h6-16H,5,17-18H2,1-4H3,(H,29,33). The van der Waals surface area contributed by atoms with E-state index in [1.54, 1.807) is 0 Å². The van der Waals surface area contributed by atoms with Crippen LogP contribution in [0.25, 0.3) is 5.69 Å². The Labute approximate surface area is 210 Å². The molecule has 7 heteroatoms. The summed E-state index contributed by atoms with van der Waals surface area (Å²) < 4.78 is 8.12. The number of ether oxygens (including phenoxy) is 1. The maximum Gasteiger partial charge on any atom is 0.234 e. The predicted octanol–water partition coefficient (Wildman–Crippen LogP) is 6.06. The largest absolute Gasteiger partial charge is 0.485 e. The lowest BCUT2D eigenvalue weighted by molar-refractivity contribution is -0.113. The number of hydrogen-bond donors (Lipinski definition) is 1. The molecule has 0 saturated carbocycles. The summed E-state index contributed by atoms with van der Waals surface area (Å²) in [6, 6.07) is 22.1. The number of para-hydroxylation sites is 1. The molecule has 4 aromatic rings. The number of thioether (sulfide) groups is 1. The summed E-state index contributed by atoms with van der Waals surface area (Å²) in [6.45, 7) is 8.48. The van der Waals surface area contributed by atoms with Gasteiger partial charge in [0, 0.05) is 11.4 Å². The van der Waals surface area contributed by atoms with Gasteiger partial charge in [-0.1, -0.05) is 66.7 Å². The van der Waals surface area contributed by atoms with Gasteiger partial charge >= 0.3 is 0 Å². The normalized spacial score (nSPS) is 10.9. The Morgan fingerprint density at radius 1 is 0.943 bits per heavy atom. The van der Waals surface area contributed by atoms with Gasteiger partial charge in [-0.3, -0.25) is 9.36 Å². The molecule has 0 bridgehead atoms. The Morgan fingerprint density at radius 3 is 2.29 bits per heavy atom. The van der Waals surface area contributed by atoms with Crippen LogP contribution >= 0.6 is 11.8 Å². The van der Waals surface area contributed by atoms with Gasteiger partial charge in [-0.05, 0) is 68.1 Å². The second kappa shape index (κ2) is 11.2. The smallest absolute Gasteiger partial charge is 0.234 e. The van der Waals surface area contributed by atoms with Crippen LogP contribution < -0.4 is 10.1 Å². The zero-order valence-corrected chi connectivity index (χ0v) is 21.4. The molecule has 1 aromatic heterocycles. The highest BCUT2D eigenvalue weighted by atomic mass is 32.2. The SMILES string of the molecule is CCc1ccc(NC(=O)CSc2nnc(COc3c(C)cccc3C)n2-c2ccc(C)cc2)cc1. The zero-order valence-electron chi connectivity index (χ0n) is 20.5. The molecule has 4 rings (SSSR count). The number of carbonyl (C=O) groups excluding carboxylic acids is 1. The van der Waals surface area contributed by atoms with Crippen LogP contribution in [-0.4, -0.2) is 26.4 Å². The predicted molar refractivity (Wildman–Crippen MR) is 142 cm³/mol. The fourth-order valence-corrected chi connectivity index (χ4v) is 4.53. The van der Waals surface area contributed by atoms with Gasteiger partial charge in [0.25, 0.3) is 0 Å². The number of benzene rings is 3. The highest BCUT2D eigenvalue weighted by Gasteiger charge is 2.17. The number of hydrogen-bond acceptors (Lipinski definition) is 5. The molecule has 0 aliphatic heterocycles. The average molecular weight is 487 g/mol. The lowest BCUT2D eigenvalue weighted by Crippen LogP contribution is -2.15. The van der Waals surface area contributed by atoms with Crippen molar-refractivity contribution < 1.29 is 9.53 Å². The van der Waals surface area contributed by atoms with E-state index in [4.69, 9.17) is 4.74 Å². The van der Waals surface area contributed by atoms with Crippen LogP contribution in [0, 0.1) is 20.8 Å². The molecule has 0 aliphatic carbocycles. The molecule has 1 amide bonds. The van der Waals surface area contributed by atoms with Crippen LogP contribution in [0.5, 0.6) is 5.75 Å². The minimum absolute atomic E-state index is 0.0916.